The van der Waals surface area contributed by atoms with Crippen LogP contribution in [0.2, 0.25) is 0 Å². The molecule has 23 heavy (non-hydrogen) atoms. The Kier molecular flexibility index (Phi) is 4.28. The lowest BCUT2D eigenvalue weighted by Gasteiger charge is -2.13. The van der Waals surface area contributed by atoms with E-state index in [0.29, 0.717) is 10.7 Å². The van der Waals surface area contributed by atoms with Crippen LogP contribution in [-0.4, -0.2) is 22.7 Å². The van der Waals surface area contributed by atoms with Crippen LogP contribution in [0.15, 0.2) is 55.4 Å². The molecule has 1 aromatic heterocycles. The number of phenols is 2. The zero-order valence-corrected chi connectivity index (χ0v) is 14.1. The van der Waals surface area contributed by atoms with Crippen LogP contribution in [0.4, 0.5) is 0 Å². The van der Waals surface area contributed by atoms with Crippen LogP contribution in [0.3, 0.4) is 0 Å². The van der Waals surface area contributed by atoms with Crippen molar-refractivity contribution in [1.82, 2.24) is 0 Å². The summed E-state index contributed by atoms with van der Waals surface area (Å²) in [5.41, 5.74) is 0.622. The van der Waals surface area contributed by atoms with Gasteiger partial charge in [-0.1, -0.05) is 30.3 Å². The molecular weight excluding hydrogens is 332 g/mol. The number of fused-ring (bicyclic) bond motifs is 1. The summed E-state index contributed by atoms with van der Waals surface area (Å²) < 4.78 is 5.86. The number of benzene rings is 2. The van der Waals surface area contributed by atoms with Crippen molar-refractivity contribution in [3.05, 3.63) is 46.6 Å². The minimum absolute atomic E-state index is 0.0663. The van der Waals surface area contributed by atoms with Crippen molar-refractivity contribution in [3.63, 3.8) is 0 Å². The molecule has 118 valence electrons. The minimum atomic E-state index is -0.340. The lowest BCUT2D eigenvalue weighted by Crippen LogP contribution is -2.02. The van der Waals surface area contributed by atoms with Crippen molar-refractivity contribution in [1.29, 1.82) is 0 Å². The van der Waals surface area contributed by atoms with Gasteiger partial charge in [0, 0.05) is 11.6 Å². The van der Waals surface area contributed by atoms with Crippen LogP contribution in [0.5, 0.6) is 11.5 Å². The van der Waals surface area contributed by atoms with E-state index in [2.05, 4.69) is 0 Å². The maximum absolute atomic E-state index is 12.5. The summed E-state index contributed by atoms with van der Waals surface area (Å²) >= 11 is 2.45. The molecule has 2 N–H and O–H groups in total. The molecule has 2 aromatic carbocycles. The van der Waals surface area contributed by atoms with Gasteiger partial charge in [0.2, 0.25) is 0 Å². The molecule has 0 aliphatic heterocycles. The Morgan fingerprint density at radius 2 is 1.61 bits per heavy atom. The normalized spacial score (nSPS) is 11.0. The molecule has 0 aliphatic rings. The molecule has 3 aromatic rings. The Bertz CT molecular complexity index is 933. The Morgan fingerprint density at radius 1 is 0.957 bits per heavy atom. The molecule has 4 nitrogen and oxygen atoms in total. The van der Waals surface area contributed by atoms with Crippen molar-refractivity contribution in [2.75, 3.05) is 12.5 Å². The van der Waals surface area contributed by atoms with E-state index in [1.54, 1.807) is 12.5 Å². The van der Waals surface area contributed by atoms with Crippen molar-refractivity contribution in [2.45, 2.75) is 9.79 Å². The second-order valence-corrected chi connectivity index (χ2v) is 6.44. The lowest BCUT2D eigenvalue weighted by atomic mass is 10.1. The smallest absolute Gasteiger partial charge is 0.197 e. The molecule has 0 amide bonds. The first-order valence-corrected chi connectivity index (χ1v) is 9.22. The Hall–Kier alpha value is -2.05. The van der Waals surface area contributed by atoms with Gasteiger partial charge in [0.15, 0.2) is 11.0 Å². The van der Waals surface area contributed by atoms with E-state index in [1.807, 2.05) is 30.3 Å². The fraction of sp³-hybridized carbons (Fsp3) is 0.118. The Morgan fingerprint density at radius 3 is 2.22 bits per heavy atom. The van der Waals surface area contributed by atoms with Crippen LogP contribution in [0, 0.1) is 0 Å². The molecule has 1 heterocycles. The summed E-state index contributed by atoms with van der Waals surface area (Å²) in [5, 5.41) is 20.8. The molecule has 0 saturated heterocycles. The number of hydrogen-bond donors (Lipinski definition) is 2. The highest BCUT2D eigenvalue weighted by Gasteiger charge is 2.22. The quantitative estimate of drug-likeness (QED) is 0.689. The number of hydrogen-bond acceptors (Lipinski definition) is 6. The SMILES string of the molecule is CSc1c(O)c(SC)c2oc(-c3ccccc3)cc(=O)c2c1O. The van der Waals surface area contributed by atoms with Crippen LogP contribution in [0.1, 0.15) is 0 Å². The molecule has 0 spiro atoms. The van der Waals surface area contributed by atoms with Gasteiger partial charge < -0.3 is 14.6 Å². The summed E-state index contributed by atoms with van der Waals surface area (Å²) in [6, 6.07) is 10.6. The molecular formula is C17H14O4S2. The van der Waals surface area contributed by atoms with Crippen molar-refractivity contribution in [3.8, 4) is 22.8 Å². The Balaban J connectivity index is 2.43. The van der Waals surface area contributed by atoms with Gasteiger partial charge in [0.05, 0.1) is 9.79 Å². The monoisotopic (exact) mass is 346 g/mol. The van der Waals surface area contributed by atoms with Gasteiger partial charge in [-0.3, -0.25) is 4.79 Å². The zero-order chi connectivity index (χ0) is 16.6. The molecule has 3 rings (SSSR count). The second-order valence-electron chi connectivity index (χ2n) is 4.81. The molecule has 0 bridgehead atoms. The van der Waals surface area contributed by atoms with Gasteiger partial charge in [0.25, 0.3) is 0 Å². The summed E-state index contributed by atoms with van der Waals surface area (Å²) in [6.45, 7) is 0. The molecule has 0 unspecified atom stereocenters. The van der Waals surface area contributed by atoms with Gasteiger partial charge in [-0.05, 0) is 12.5 Å². The van der Waals surface area contributed by atoms with Crippen LogP contribution in [-0.2, 0) is 0 Å². The number of thioether (sulfide) groups is 2. The van der Waals surface area contributed by atoms with E-state index < -0.39 is 0 Å². The van der Waals surface area contributed by atoms with Gasteiger partial charge in [-0.2, -0.15) is 0 Å². The van der Waals surface area contributed by atoms with E-state index in [0.717, 1.165) is 5.56 Å². The number of aromatic hydroxyl groups is 2. The maximum atomic E-state index is 12.5. The van der Waals surface area contributed by atoms with Gasteiger partial charge >= 0.3 is 0 Å². The third-order valence-electron chi connectivity index (χ3n) is 3.50. The van der Waals surface area contributed by atoms with E-state index in [4.69, 9.17) is 4.42 Å². The highest BCUT2D eigenvalue weighted by atomic mass is 32.2. The van der Waals surface area contributed by atoms with E-state index in [1.165, 1.54) is 29.6 Å². The van der Waals surface area contributed by atoms with Crippen molar-refractivity contribution in [2.24, 2.45) is 0 Å². The summed E-state index contributed by atoms with van der Waals surface area (Å²) in [7, 11) is 0. The highest BCUT2D eigenvalue weighted by molar-refractivity contribution is 7.99. The third kappa shape index (κ3) is 2.58. The first-order valence-electron chi connectivity index (χ1n) is 6.77. The number of phenolic OH excluding ortho intramolecular Hbond substituents is 2. The average molecular weight is 346 g/mol. The second kappa shape index (κ2) is 6.22. The predicted octanol–water partition coefficient (Wildman–Crippen LogP) is 4.32. The van der Waals surface area contributed by atoms with E-state index in [9.17, 15) is 15.0 Å². The van der Waals surface area contributed by atoms with Crippen LogP contribution < -0.4 is 5.43 Å². The van der Waals surface area contributed by atoms with Crippen molar-refractivity contribution < 1.29 is 14.6 Å². The topological polar surface area (TPSA) is 70.7 Å². The highest BCUT2D eigenvalue weighted by Crippen LogP contribution is 2.47. The van der Waals surface area contributed by atoms with Crippen LogP contribution >= 0.6 is 23.5 Å². The molecule has 0 saturated carbocycles. The summed E-state index contributed by atoms with van der Waals surface area (Å²) in [6.07, 6.45) is 3.51. The molecule has 6 heteroatoms. The van der Waals surface area contributed by atoms with E-state index >= 15 is 0 Å². The molecule has 0 radical (unpaired) electrons. The van der Waals surface area contributed by atoms with Crippen LogP contribution in [0.25, 0.3) is 22.3 Å². The fourth-order valence-corrected chi connectivity index (χ4v) is 3.72. The molecule has 0 fully saturated rings. The maximum Gasteiger partial charge on any atom is 0.197 e. The lowest BCUT2D eigenvalue weighted by molar-refractivity contribution is 0.420. The third-order valence-corrected chi connectivity index (χ3v) is 5.08. The summed E-state index contributed by atoms with van der Waals surface area (Å²) in [5.74, 6) is 0.0913. The number of rotatable bonds is 3. The predicted molar refractivity (Wildman–Crippen MR) is 94.8 cm³/mol. The Labute approximate surface area is 141 Å². The van der Waals surface area contributed by atoms with Gasteiger partial charge in [0.1, 0.15) is 22.6 Å². The van der Waals surface area contributed by atoms with Gasteiger partial charge in [-0.25, -0.2) is 0 Å². The first kappa shape index (κ1) is 15.8. The zero-order valence-electron chi connectivity index (χ0n) is 12.5. The minimum Gasteiger partial charge on any atom is -0.506 e. The average Bonchev–Trinajstić information content (AvgIpc) is 2.56. The van der Waals surface area contributed by atoms with E-state index in [-0.39, 0.29) is 32.8 Å². The first-order chi connectivity index (χ1) is 11.1. The molecule has 0 atom stereocenters. The van der Waals surface area contributed by atoms with Gasteiger partial charge in [-0.15, -0.1) is 23.5 Å². The fourth-order valence-electron chi connectivity index (χ4n) is 2.44. The van der Waals surface area contributed by atoms with Crippen molar-refractivity contribution >= 4 is 34.5 Å². The summed E-state index contributed by atoms with van der Waals surface area (Å²) in [4.78, 5) is 13.2. The standard InChI is InChI=1S/C17H14O4S2/c1-22-16-13(19)12-10(18)8-11(9-6-4-3-5-7-9)21-15(12)17(23-2)14(16)20/h3-8,19-20H,1-2H3. The molecule has 0 aliphatic carbocycles. The largest absolute Gasteiger partial charge is 0.506 e.